The molecule has 0 aliphatic carbocycles. The molecular weight excluding hydrogens is 509 g/mol. The molecule has 3 aromatic rings. The minimum Gasteiger partial charge on any atom is -0.222 e. The molecule has 0 spiro atoms. The molecule has 0 radical (unpaired) electrons. The molecule has 0 aliphatic heterocycles. The summed E-state index contributed by atoms with van der Waals surface area (Å²) >= 11 is 0. The zero-order chi connectivity index (χ0) is 25.9. The molecule has 10 nitrogen and oxygen atoms in total. The lowest BCUT2D eigenvalue weighted by Crippen LogP contribution is -2.39. The van der Waals surface area contributed by atoms with Crippen LogP contribution in [0.15, 0.2) is 54.6 Å². The van der Waals surface area contributed by atoms with Crippen molar-refractivity contribution in [3.8, 4) is 0 Å². The van der Waals surface area contributed by atoms with Crippen molar-refractivity contribution in [2.45, 2.75) is 0 Å². The van der Waals surface area contributed by atoms with Crippen molar-refractivity contribution in [1.82, 2.24) is 0 Å². The van der Waals surface area contributed by atoms with Crippen LogP contribution in [0.2, 0.25) is 0 Å². The Kier molecular flexibility index (Phi) is 7.86. The van der Waals surface area contributed by atoms with E-state index in [1.165, 1.54) is 0 Å². The number of phosphoric acid groups is 1. The molecule has 3 rings (SSSR count). The van der Waals surface area contributed by atoms with Crippen molar-refractivity contribution in [2.24, 2.45) is 17.5 Å². The summed E-state index contributed by atoms with van der Waals surface area (Å²) in [4.78, 5) is 0. The van der Waals surface area contributed by atoms with Gasteiger partial charge in [0.15, 0.2) is 34.9 Å². The number of hydrogen-bond acceptors (Lipinski definition) is 10. The van der Waals surface area contributed by atoms with Gasteiger partial charge in [-0.15, -0.1) is 13.9 Å². The van der Waals surface area contributed by atoms with Crippen molar-refractivity contribution in [3.05, 3.63) is 89.5 Å². The van der Waals surface area contributed by atoms with E-state index in [4.69, 9.17) is 31.4 Å². The number of halogens is 6. The van der Waals surface area contributed by atoms with Crippen molar-refractivity contribution in [1.29, 1.82) is 0 Å². The van der Waals surface area contributed by atoms with E-state index < -0.39 is 59.8 Å². The van der Waals surface area contributed by atoms with E-state index in [9.17, 15) is 30.9 Å². The summed E-state index contributed by atoms with van der Waals surface area (Å²) in [5, 5.41) is -0.361. The number of hydrogen-bond donors (Lipinski definition) is 3. The minimum absolute atomic E-state index is 0.120. The van der Waals surface area contributed by atoms with Gasteiger partial charge < -0.3 is 0 Å². The molecule has 0 bridgehead atoms. The monoisotopic (exact) mass is 524 g/mol. The molecule has 0 saturated carbocycles. The topological polar surface area (TPSA) is 133 Å². The zero-order valence-electron chi connectivity index (χ0n) is 17.1. The van der Waals surface area contributed by atoms with Crippen LogP contribution in [0, 0.1) is 34.9 Å². The second-order valence-electron chi connectivity index (χ2n) is 6.39. The Morgan fingerprint density at radius 2 is 0.800 bits per heavy atom. The molecule has 3 aromatic carbocycles. The fourth-order valence-electron chi connectivity index (χ4n) is 2.49. The number of anilines is 3. The Bertz CT molecular complexity index is 1120. The van der Waals surface area contributed by atoms with Crippen LogP contribution in [0.1, 0.15) is 0 Å². The first-order chi connectivity index (χ1) is 16.4. The molecule has 0 unspecified atom stereocenters. The van der Waals surface area contributed by atoms with E-state index in [2.05, 4.69) is 0 Å². The SMILES string of the molecule is NN(OP(=O)(ON(N)c1cccc(F)c1F)ON(N)c1cccc(F)c1F)c1cccc(F)c1F. The van der Waals surface area contributed by atoms with E-state index in [1.807, 2.05) is 0 Å². The Labute approximate surface area is 193 Å². The highest BCUT2D eigenvalue weighted by Gasteiger charge is 2.39. The quantitative estimate of drug-likeness (QED) is 0.164. The predicted octanol–water partition coefficient (Wildman–Crippen LogP) is 3.86. The second-order valence-corrected chi connectivity index (χ2v) is 7.77. The lowest BCUT2D eigenvalue weighted by atomic mass is 10.3. The molecule has 188 valence electrons. The average Bonchev–Trinajstić information content (AvgIpc) is 2.78. The van der Waals surface area contributed by atoms with E-state index in [0.29, 0.717) is 0 Å². The number of benzene rings is 3. The van der Waals surface area contributed by atoms with Gasteiger partial charge in [-0.05, 0) is 36.4 Å². The smallest absolute Gasteiger partial charge is 0.222 e. The minimum atomic E-state index is -5.45. The summed E-state index contributed by atoms with van der Waals surface area (Å²) in [6, 6.07) is 7.80. The molecule has 0 aromatic heterocycles. The third-order valence-corrected chi connectivity index (χ3v) is 5.20. The number of nitrogens with two attached hydrogens (primary N) is 3. The maximum Gasteiger partial charge on any atom is 0.543 e. The standard InChI is InChI=1S/C18H15F6N6O4P/c19-10-4-1-7-13(16(10)22)28(25)32-35(31,33-29(26)14-8-2-5-11(20)17(14)23)34-30(27)15-9-3-6-12(21)18(15)24/h1-9H,25-27H2. The number of rotatable bonds is 9. The molecule has 0 saturated heterocycles. The molecular formula is C18H15F6N6O4P. The summed E-state index contributed by atoms with van der Waals surface area (Å²) < 4.78 is 110. The lowest BCUT2D eigenvalue weighted by molar-refractivity contribution is 0.0841. The number of nitrogens with zero attached hydrogens (tertiary/aromatic N) is 3. The number of hydrazine groups is 3. The highest BCUT2D eigenvalue weighted by atomic mass is 31.2. The molecule has 0 amide bonds. The van der Waals surface area contributed by atoms with Crippen LogP contribution in [0.4, 0.5) is 43.4 Å². The van der Waals surface area contributed by atoms with Crippen molar-refractivity contribution in [2.75, 3.05) is 15.5 Å². The Balaban J connectivity index is 1.96. The molecule has 17 heteroatoms. The normalized spacial score (nSPS) is 11.5. The van der Waals surface area contributed by atoms with Crippen molar-refractivity contribution in [3.63, 3.8) is 0 Å². The van der Waals surface area contributed by atoms with Crippen LogP contribution in [-0.4, -0.2) is 0 Å². The van der Waals surface area contributed by atoms with Crippen LogP contribution >= 0.6 is 7.82 Å². The van der Waals surface area contributed by atoms with E-state index in [0.717, 1.165) is 54.6 Å². The van der Waals surface area contributed by atoms with Crippen molar-refractivity contribution < 1.29 is 44.8 Å². The van der Waals surface area contributed by atoms with Gasteiger partial charge in [0.1, 0.15) is 17.1 Å². The van der Waals surface area contributed by atoms with Crippen LogP contribution in [0.25, 0.3) is 0 Å². The summed E-state index contributed by atoms with van der Waals surface area (Å²) in [5.74, 6) is 7.56. The second kappa shape index (κ2) is 10.5. The summed E-state index contributed by atoms with van der Waals surface area (Å²) in [7, 11) is -5.45. The first-order valence-electron chi connectivity index (χ1n) is 9.09. The first-order valence-corrected chi connectivity index (χ1v) is 10.5. The maximum atomic E-state index is 14.1. The molecule has 0 fully saturated rings. The van der Waals surface area contributed by atoms with Crippen LogP contribution in [0.3, 0.4) is 0 Å². The molecule has 0 aliphatic rings. The van der Waals surface area contributed by atoms with Gasteiger partial charge in [-0.3, -0.25) is 0 Å². The van der Waals surface area contributed by atoms with Gasteiger partial charge >= 0.3 is 7.82 Å². The fraction of sp³-hybridized carbons (Fsp3) is 0. The summed E-state index contributed by atoms with van der Waals surface area (Å²) in [6.07, 6.45) is 0. The van der Waals surface area contributed by atoms with Gasteiger partial charge in [0.05, 0.1) is 0 Å². The largest absolute Gasteiger partial charge is 0.543 e. The Morgan fingerprint density at radius 3 is 1.06 bits per heavy atom. The van der Waals surface area contributed by atoms with E-state index in [-0.39, 0.29) is 15.5 Å². The van der Waals surface area contributed by atoms with Gasteiger partial charge in [0.2, 0.25) is 0 Å². The fourth-order valence-corrected chi connectivity index (χ4v) is 3.49. The maximum absolute atomic E-state index is 14.1. The highest BCUT2D eigenvalue weighted by molar-refractivity contribution is 7.48. The highest BCUT2D eigenvalue weighted by Crippen LogP contribution is 2.52. The van der Waals surface area contributed by atoms with Crippen LogP contribution in [-0.2, 0) is 18.4 Å². The third kappa shape index (κ3) is 5.83. The lowest BCUT2D eigenvalue weighted by Gasteiger charge is -2.29. The summed E-state index contributed by atoms with van der Waals surface area (Å²) in [6.45, 7) is 0. The molecule has 0 heterocycles. The van der Waals surface area contributed by atoms with E-state index >= 15 is 0 Å². The molecule has 35 heavy (non-hydrogen) atoms. The zero-order valence-corrected chi connectivity index (χ0v) is 18.0. The third-order valence-electron chi connectivity index (χ3n) is 4.07. The van der Waals surface area contributed by atoms with Crippen LogP contribution in [0.5, 0.6) is 0 Å². The molecule has 0 atom stereocenters. The van der Waals surface area contributed by atoms with Gasteiger partial charge in [-0.2, -0.15) is 15.5 Å². The van der Waals surface area contributed by atoms with Gasteiger partial charge in [0.25, 0.3) is 0 Å². The first kappa shape index (κ1) is 26.2. The van der Waals surface area contributed by atoms with Crippen molar-refractivity contribution >= 4 is 24.9 Å². The molecule has 6 N–H and O–H groups in total. The van der Waals surface area contributed by atoms with Gasteiger partial charge in [-0.25, -0.2) is 48.4 Å². The predicted molar refractivity (Wildman–Crippen MR) is 110 cm³/mol. The Hall–Kier alpha value is -3.37. The van der Waals surface area contributed by atoms with Gasteiger partial charge in [-0.1, -0.05) is 18.2 Å². The van der Waals surface area contributed by atoms with Gasteiger partial charge in [0, 0.05) is 0 Å². The van der Waals surface area contributed by atoms with E-state index in [1.54, 1.807) is 0 Å². The van der Waals surface area contributed by atoms with Crippen LogP contribution < -0.4 is 33.0 Å². The average molecular weight is 524 g/mol. The summed E-state index contributed by atoms with van der Waals surface area (Å²) in [5.41, 5.74) is -2.55. The Morgan fingerprint density at radius 1 is 0.543 bits per heavy atom.